The first kappa shape index (κ1) is 19.2. The van der Waals surface area contributed by atoms with Crippen molar-refractivity contribution in [3.63, 3.8) is 0 Å². The predicted molar refractivity (Wildman–Crippen MR) is 121 cm³/mol. The molecule has 0 radical (unpaired) electrons. The Kier molecular flexibility index (Phi) is 4.71. The van der Waals surface area contributed by atoms with Gasteiger partial charge in [0.15, 0.2) is 16.5 Å². The zero-order valence-corrected chi connectivity index (χ0v) is 17.9. The second kappa shape index (κ2) is 7.86. The van der Waals surface area contributed by atoms with Gasteiger partial charge in [0.05, 0.1) is 29.9 Å². The van der Waals surface area contributed by atoms with Crippen molar-refractivity contribution in [1.29, 1.82) is 0 Å². The topological polar surface area (TPSA) is 116 Å². The third-order valence-electron chi connectivity index (χ3n) is 5.50. The van der Waals surface area contributed by atoms with Gasteiger partial charge in [-0.1, -0.05) is 6.07 Å². The maximum Gasteiger partial charge on any atom is 0.276 e. The van der Waals surface area contributed by atoms with E-state index in [0.717, 1.165) is 48.8 Å². The van der Waals surface area contributed by atoms with Crippen LogP contribution >= 0.6 is 11.3 Å². The van der Waals surface area contributed by atoms with Gasteiger partial charge in [-0.15, -0.1) is 11.3 Å². The minimum atomic E-state index is -0.299. The molecule has 1 amide bonds. The summed E-state index contributed by atoms with van der Waals surface area (Å²) in [5, 5.41) is 11.9. The summed E-state index contributed by atoms with van der Waals surface area (Å²) >= 11 is 1.48. The minimum Gasteiger partial charge on any atom is -0.379 e. The van der Waals surface area contributed by atoms with Gasteiger partial charge in [-0.2, -0.15) is 5.10 Å². The molecule has 3 N–H and O–H groups in total. The molecule has 0 atom stereocenters. The van der Waals surface area contributed by atoms with E-state index in [9.17, 15) is 4.79 Å². The number of hydrogen-bond acceptors (Lipinski definition) is 7. The summed E-state index contributed by atoms with van der Waals surface area (Å²) in [5.41, 5.74) is 4.42. The Morgan fingerprint density at radius 2 is 2.16 bits per heavy atom. The molecule has 0 saturated carbocycles. The number of amides is 1. The van der Waals surface area contributed by atoms with E-state index in [2.05, 4.69) is 42.5 Å². The summed E-state index contributed by atoms with van der Waals surface area (Å²) in [7, 11) is 0. The van der Waals surface area contributed by atoms with Crippen molar-refractivity contribution >= 4 is 38.9 Å². The smallest absolute Gasteiger partial charge is 0.276 e. The number of anilines is 1. The zero-order chi connectivity index (χ0) is 21.5. The molecule has 32 heavy (non-hydrogen) atoms. The lowest BCUT2D eigenvalue weighted by molar-refractivity contribution is 0.0342. The van der Waals surface area contributed by atoms with Gasteiger partial charge in [-0.05, 0) is 17.7 Å². The van der Waals surface area contributed by atoms with Gasteiger partial charge >= 0.3 is 0 Å². The number of H-pyrrole nitrogens is 2. The van der Waals surface area contributed by atoms with Crippen molar-refractivity contribution in [2.45, 2.75) is 6.54 Å². The lowest BCUT2D eigenvalue weighted by atomic mass is 10.2. The van der Waals surface area contributed by atoms with Crippen molar-refractivity contribution < 1.29 is 9.53 Å². The van der Waals surface area contributed by atoms with Gasteiger partial charge in [0.2, 0.25) is 0 Å². The molecular weight excluding hydrogens is 428 g/mol. The number of nitrogens with zero attached hydrogens (tertiary/aromatic N) is 5. The average molecular weight is 449 g/mol. The Bertz CT molecular complexity index is 1380. The maximum atomic E-state index is 12.7. The van der Waals surface area contributed by atoms with Gasteiger partial charge < -0.3 is 15.0 Å². The third kappa shape index (κ3) is 3.55. The van der Waals surface area contributed by atoms with Crippen LogP contribution in [0.3, 0.4) is 0 Å². The Morgan fingerprint density at radius 1 is 1.25 bits per heavy atom. The number of aromatic nitrogens is 6. The molecule has 1 saturated heterocycles. The van der Waals surface area contributed by atoms with Crippen molar-refractivity contribution in [2.24, 2.45) is 0 Å². The van der Waals surface area contributed by atoms with E-state index in [1.807, 2.05) is 22.0 Å². The number of imidazole rings is 2. The second-order valence-corrected chi connectivity index (χ2v) is 8.52. The first-order valence-electron chi connectivity index (χ1n) is 10.3. The molecule has 0 aliphatic carbocycles. The van der Waals surface area contributed by atoms with Crippen LogP contribution in [0.5, 0.6) is 0 Å². The van der Waals surface area contributed by atoms with E-state index in [0.29, 0.717) is 22.9 Å². The highest BCUT2D eigenvalue weighted by atomic mass is 32.1. The summed E-state index contributed by atoms with van der Waals surface area (Å²) in [6.45, 7) is 4.30. The quantitative estimate of drug-likeness (QED) is 0.381. The number of hydrogen-bond donors (Lipinski definition) is 3. The van der Waals surface area contributed by atoms with Gasteiger partial charge in [-0.25, -0.2) is 9.97 Å². The normalized spacial score (nSPS) is 15.0. The number of thiazole rings is 1. The summed E-state index contributed by atoms with van der Waals surface area (Å²) in [6, 6.07) is 6.23. The summed E-state index contributed by atoms with van der Waals surface area (Å²) in [6.07, 6.45) is 5.22. The molecule has 1 aliphatic rings. The molecule has 1 fully saturated rings. The number of nitrogens with one attached hydrogen (secondary N) is 3. The van der Waals surface area contributed by atoms with Crippen LogP contribution in [0.25, 0.3) is 27.5 Å². The third-order valence-corrected chi connectivity index (χ3v) is 6.27. The number of carbonyl (C=O) groups is 1. The largest absolute Gasteiger partial charge is 0.379 e. The molecule has 4 aromatic heterocycles. The minimum absolute atomic E-state index is 0.299. The molecule has 0 bridgehead atoms. The van der Waals surface area contributed by atoms with E-state index >= 15 is 0 Å². The number of carbonyl (C=O) groups excluding carboxylic acids is 1. The Morgan fingerprint density at radius 3 is 3.03 bits per heavy atom. The maximum absolute atomic E-state index is 12.7. The van der Waals surface area contributed by atoms with Crippen molar-refractivity contribution in [2.75, 3.05) is 31.6 Å². The fraction of sp³-hybridized carbons (Fsp3) is 0.238. The number of ether oxygens (including phenoxy) is 1. The van der Waals surface area contributed by atoms with E-state index in [1.54, 1.807) is 12.4 Å². The monoisotopic (exact) mass is 448 g/mol. The lowest BCUT2D eigenvalue weighted by Gasteiger charge is -2.26. The van der Waals surface area contributed by atoms with Crippen LogP contribution in [-0.4, -0.2) is 66.7 Å². The van der Waals surface area contributed by atoms with Crippen LogP contribution in [0.2, 0.25) is 0 Å². The average Bonchev–Trinajstić information content (AvgIpc) is 3.57. The van der Waals surface area contributed by atoms with Crippen molar-refractivity contribution in [1.82, 2.24) is 34.4 Å². The highest BCUT2D eigenvalue weighted by Crippen LogP contribution is 2.26. The van der Waals surface area contributed by atoms with E-state index in [1.165, 1.54) is 16.9 Å². The molecule has 162 valence electrons. The first-order valence-corrected chi connectivity index (χ1v) is 11.2. The lowest BCUT2D eigenvalue weighted by Crippen LogP contribution is -2.35. The summed E-state index contributed by atoms with van der Waals surface area (Å²) in [5.74, 6) is 0.290. The molecule has 0 spiro atoms. The van der Waals surface area contributed by atoms with E-state index in [-0.39, 0.29) is 5.91 Å². The van der Waals surface area contributed by atoms with Crippen LogP contribution in [0.15, 0.2) is 42.2 Å². The van der Waals surface area contributed by atoms with Gasteiger partial charge in [0, 0.05) is 43.6 Å². The summed E-state index contributed by atoms with van der Waals surface area (Å²) < 4.78 is 7.25. The van der Waals surface area contributed by atoms with Crippen molar-refractivity contribution in [3.05, 3.63) is 53.4 Å². The number of aromatic amines is 2. The molecule has 6 rings (SSSR count). The van der Waals surface area contributed by atoms with Gasteiger partial charge in [-0.3, -0.25) is 19.2 Å². The second-order valence-electron chi connectivity index (χ2n) is 7.65. The van der Waals surface area contributed by atoms with E-state index < -0.39 is 0 Å². The van der Waals surface area contributed by atoms with Gasteiger partial charge in [0.25, 0.3) is 5.91 Å². The molecule has 5 heterocycles. The van der Waals surface area contributed by atoms with E-state index in [4.69, 9.17) is 9.72 Å². The SMILES string of the molecule is O=C(Nc1c[nH]nc1-c1nc2cc(CN3CCOCC3)ccc2[nH]1)c1cn2ccsc2n1. The number of morpholine rings is 1. The molecule has 1 aromatic carbocycles. The highest BCUT2D eigenvalue weighted by Gasteiger charge is 2.18. The molecule has 0 unspecified atom stereocenters. The van der Waals surface area contributed by atoms with Crippen LogP contribution < -0.4 is 5.32 Å². The van der Waals surface area contributed by atoms with Crippen LogP contribution in [0, 0.1) is 0 Å². The number of rotatable bonds is 5. The van der Waals surface area contributed by atoms with Crippen molar-refractivity contribution in [3.8, 4) is 11.5 Å². The number of benzene rings is 1. The standard InChI is InChI=1S/C21H20N8O2S/c30-20(17-12-29-5-8-32-21(29)26-17)25-16-10-22-27-18(16)19-23-14-2-1-13(9-15(14)24-19)11-28-3-6-31-7-4-28/h1-2,5,8-10,12H,3-4,6-7,11H2,(H,22,27)(H,23,24)(H,25,30). The highest BCUT2D eigenvalue weighted by molar-refractivity contribution is 7.15. The molecular formula is C21H20N8O2S. The van der Waals surface area contributed by atoms with Crippen LogP contribution in [0.1, 0.15) is 16.1 Å². The fourth-order valence-corrected chi connectivity index (χ4v) is 4.57. The predicted octanol–water partition coefficient (Wildman–Crippen LogP) is 2.75. The Hall–Kier alpha value is -3.54. The molecule has 5 aromatic rings. The molecule has 11 heteroatoms. The Labute approximate surface area is 186 Å². The first-order chi connectivity index (χ1) is 15.7. The zero-order valence-electron chi connectivity index (χ0n) is 17.0. The fourth-order valence-electron chi connectivity index (χ4n) is 3.87. The van der Waals surface area contributed by atoms with Crippen LogP contribution in [-0.2, 0) is 11.3 Å². The van der Waals surface area contributed by atoms with Crippen LogP contribution in [0.4, 0.5) is 5.69 Å². The van der Waals surface area contributed by atoms with Gasteiger partial charge in [0.1, 0.15) is 5.69 Å². The number of fused-ring (bicyclic) bond motifs is 2. The molecule has 10 nitrogen and oxygen atoms in total. The molecule has 1 aliphatic heterocycles. The summed E-state index contributed by atoms with van der Waals surface area (Å²) in [4.78, 5) is 28.2. The Balaban J connectivity index is 1.24.